The lowest BCUT2D eigenvalue weighted by Crippen LogP contribution is -2.39. The standard InChI is InChI=1S/C19H29N3O2S.2ClH/c23-13-15-4-7-22(8-5-15)12-16-2-1-3-17(10-16)21-19(24)11-18-14-25-9-6-20-18;;/h1-3,10,15,18,20,23H,4-9,11-14H2,(H,21,24);2*1H. The quantitative estimate of drug-likeness (QED) is 0.640. The summed E-state index contributed by atoms with van der Waals surface area (Å²) < 4.78 is 0. The number of anilines is 1. The maximum absolute atomic E-state index is 12.3. The molecule has 0 aliphatic carbocycles. The number of nitrogens with zero attached hydrogens (tertiary/aromatic N) is 1. The summed E-state index contributed by atoms with van der Waals surface area (Å²) in [5.74, 6) is 2.70. The molecule has 2 aliphatic rings. The first kappa shape index (κ1) is 24.5. The van der Waals surface area contributed by atoms with Gasteiger partial charge in [0.05, 0.1) is 0 Å². The van der Waals surface area contributed by atoms with Gasteiger partial charge in [0.25, 0.3) is 0 Å². The van der Waals surface area contributed by atoms with Crippen LogP contribution in [0.25, 0.3) is 0 Å². The Morgan fingerprint density at radius 2 is 2.07 bits per heavy atom. The Balaban J connectivity index is 0.00000182. The van der Waals surface area contributed by atoms with Crippen LogP contribution in [0.3, 0.4) is 0 Å². The summed E-state index contributed by atoms with van der Waals surface area (Å²) in [7, 11) is 0. The molecular formula is C19H31Cl2N3O2S. The number of piperidine rings is 1. The maximum Gasteiger partial charge on any atom is 0.225 e. The maximum atomic E-state index is 12.3. The lowest BCUT2D eigenvalue weighted by Gasteiger charge is -2.31. The molecular weight excluding hydrogens is 405 g/mol. The molecule has 3 rings (SSSR count). The molecule has 0 bridgehead atoms. The molecule has 1 atom stereocenters. The minimum atomic E-state index is 0. The van der Waals surface area contributed by atoms with Crippen LogP contribution in [-0.4, -0.2) is 59.7 Å². The van der Waals surface area contributed by atoms with E-state index in [1.54, 1.807) is 0 Å². The third kappa shape index (κ3) is 8.18. The second-order valence-corrected chi connectivity index (χ2v) is 8.23. The van der Waals surface area contributed by atoms with Crippen LogP contribution in [0.5, 0.6) is 0 Å². The van der Waals surface area contributed by atoms with Crippen molar-refractivity contribution in [3.63, 3.8) is 0 Å². The van der Waals surface area contributed by atoms with Crippen LogP contribution < -0.4 is 10.6 Å². The average molecular weight is 436 g/mol. The van der Waals surface area contributed by atoms with Crippen molar-refractivity contribution in [3.05, 3.63) is 29.8 Å². The molecule has 1 aromatic carbocycles. The monoisotopic (exact) mass is 435 g/mol. The highest BCUT2D eigenvalue weighted by molar-refractivity contribution is 7.99. The predicted octanol–water partition coefficient (Wildman–Crippen LogP) is 2.77. The molecule has 5 nitrogen and oxygen atoms in total. The van der Waals surface area contributed by atoms with Crippen LogP contribution >= 0.6 is 36.6 Å². The SMILES string of the molecule is Cl.Cl.O=C(CC1CSCCN1)Nc1cccc(CN2CCC(CO)CC2)c1. The Labute approximate surface area is 178 Å². The van der Waals surface area contributed by atoms with Gasteiger partial charge >= 0.3 is 0 Å². The van der Waals surface area contributed by atoms with E-state index in [1.165, 1.54) is 5.56 Å². The molecule has 0 radical (unpaired) electrons. The van der Waals surface area contributed by atoms with E-state index in [0.717, 1.165) is 56.2 Å². The van der Waals surface area contributed by atoms with Crippen molar-refractivity contribution in [1.82, 2.24) is 10.2 Å². The Bertz CT molecular complexity index is 566. The second kappa shape index (κ2) is 12.9. The molecule has 2 fully saturated rings. The average Bonchev–Trinajstić information content (AvgIpc) is 2.63. The van der Waals surface area contributed by atoms with E-state index in [0.29, 0.717) is 18.9 Å². The number of nitrogens with one attached hydrogen (secondary N) is 2. The van der Waals surface area contributed by atoms with Crippen LogP contribution in [0.15, 0.2) is 24.3 Å². The zero-order chi connectivity index (χ0) is 17.5. The van der Waals surface area contributed by atoms with Crippen LogP contribution in [0.1, 0.15) is 24.8 Å². The fourth-order valence-electron chi connectivity index (χ4n) is 3.52. The highest BCUT2D eigenvalue weighted by Crippen LogP contribution is 2.20. The van der Waals surface area contributed by atoms with Gasteiger partial charge in [0.15, 0.2) is 0 Å². The third-order valence-electron chi connectivity index (χ3n) is 5.01. The van der Waals surface area contributed by atoms with Crippen molar-refractivity contribution in [2.45, 2.75) is 31.8 Å². The first-order valence-corrected chi connectivity index (χ1v) is 10.4. The number of carbonyl (C=O) groups excluding carboxylic acids is 1. The van der Waals surface area contributed by atoms with Crippen molar-refractivity contribution in [2.24, 2.45) is 5.92 Å². The molecule has 1 unspecified atom stereocenters. The number of halogens is 2. The van der Waals surface area contributed by atoms with E-state index >= 15 is 0 Å². The summed E-state index contributed by atoms with van der Waals surface area (Å²) >= 11 is 1.91. The minimum Gasteiger partial charge on any atom is -0.396 e. The van der Waals surface area contributed by atoms with Crippen molar-refractivity contribution < 1.29 is 9.90 Å². The second-order valence-electron chi connectivity index (χ2n) is 7.08. The van der Waals surface area contributed by atoms with Gasteiger partial charge in [-0.1, -0.05) is 12.1 Å². The third-order valence-corrected chi connectivity index (χ3v) is 6.14. The zero-order valence-corrected chi connectivity index (χ0v) is 18.0. The summed E-state index contributed by atoms with van der Waals surface area (Å²) in [5, 5.41) is 15.7. The lowest BCUT2D eigenvalue weighted by atomic mass is 9.97. The molecule has 0 spiro atoms. The number of thioether (sulfide) groups is 1. The van der Waals surface area contributed by atoms with Gasteiger partial charge in [0.2, 0.25) is 5.91 Å². The van der Waals surface area contributed by atoms with E-state index in [-0.39, 0.29) is 36.8 Å². The normalized spacial score (nSPS) is 21.0. The number of hydrogen-bond acceptors (Lipinski definition) is 5. The molecule has 3 N–H and O–H groups in total. The Hall–Kier alpha value is -0.500. The number of carbonyl (C=O) groups is 1. The number of rotatable bonds is 6. The van der Waals surface area contributed by atoms with Crippen LogP contribution in [-0.2, 0) is 11.3 Å². The van der Waals surface area contributed by atoms with Crippen molar-refractivity contribution in [2.75, 3.05) is 43.1 Å². The molecule has 2 heterocycles. The number of hydrogen-bond donors (Lipinski definition) is 3. The molecule has 1 aromatic rings. The summed E-state index contributed by atoms with van der Waals surface area (Å²) in [6.45, 7) is 4.27. The minimum absolute atomic E-state index is 0. The fraction of sp³-hybridized carbons (Fsp3) is 0.632. The molecule has 1 amide bonds. The van der Waals surface area contributed by atoms with Gasteiger partial charge in [0, 0.05) is 49.4 Å². The van der Waals surface area contributed by atoms with E-state index < -0.39 is 0 Å². The number of amides is 1. The first-order valence-electron chi connectivity index (χ1n) is 9.26. The Morgan fingerprint density at radius 1 is 1.30 bits per heavy atom. The zero-order valence-electron chi connectivity index (χ0n) is 15.6. The van der Waals surface area contributed by atoms with E-state index in [1.807, 2.05) is 23.9 Å². The Kier molecular flexibility index (Phi) is 11.7. The van der Waals surface area contributed by atoms with Crippen molar-refractivity contribution in [3.8, 4) is 0 Å². The van der Waals surface area contributed by atoms with Crippen LogP contribution in [0, 0.1) is 5.92 Å². The highest BCUT2D eigenvalue weighted by Gasteiger charge is 2.19. The topological polar surface area (TPSA) is 64.6 Å². The summed E-state index contributed by atoms with van der Waals surface area (Å²) in [5.41, 5.74) is 2.11. The van der Waals surface area contributed by atoms with Gasteiger partial charge < -0.3 is 15.7 Å². The number of aliphatic hydroxyl groups excluding tert-OH is 1. The smallest absolute Gasteiger partial charge is 0.225 e. The van der Waals surface area contributed by atoms with Gasteiger partial charge in [0.1, 0.15) is 0 Å². The predicted molar refractivity (Wildman–Crippen MR) is 118 cm³/mol. The molecule has 2 aliphatic heterocycles. The number of benzene rings is 1. The van der Waals surface area contributed by atoms with E-state index in [2.05, 4.69) is 27.7 Å². The molecule has 154 valence electrons. The Morgan fingerprint density at radius 3 is 2.74 bits per heavy atom. The van der Waals surface area contributed by atoms with Gasteiger partial charge in [-0.25, -0.2) is 0 Å². The summed E-state index contributed by atoms with van der Waals surface area (Å²) in [4.78, 5) is 14.7. The first-order chi connectivity index (χ1) is 12.2. The van der Waals surface area contributed by atoms with E-state index in [9.17, 15) is 9.90 Å². The van der Waals surface area contributed by atoms with Crippen LogP contribution in [0.4, 0.5) is 5.69 Å². The van der Waals surface area contributed by atoms with Crippen LogP contribution in [0.2, 0.25) is 0 Å². The van der Waals surface area contributed by atoms with Gasteiger partial charge in [-0.15, -0.1) is 24.8 Å². The number of likely N-dealkylation sites (tertiary alicyclic amines) is 1. The molecule has 8 heteroatoms. The molecule has 0 saturated carbocycles. The molecule has 2 saturated heterocycles. The summed E-state index contributed by atoms with van der Waals surface area (Å²) in [6, 6.07) is 8.46. The lowest BCUT2D eigenvalue weighted by molar-refractivity contribution is -0.116. The number of aliphatic hydroxyl groups is 1. The largest absolute Gasteiger partial charge is 0.396 e. The fourth-order valence-corrected chi connectivity index (χ4v) is 4.47. The van der Waals surface area contributed by atoms with Crippen molar-refractivity contribution >= 4 is 48.2 Å². The molecule has 0 aromatic heterocycles. The molecule has 27 heavy (non-hydrogen) atoms. The van der Waals surface area contributed by atoms with E-state index in [4.69, 9.17) is 0 Å². The van der Waals surface area contributed by atoms with Crippen molar-refractivity contribution in [1.29, 1.82) is 0 Å². The van der Waals surface area contributed by atoms with Gasteiger partial charge in [-0.05, 0) is 49.5 Å². The van der Waals surface area contributed by atoms with Gasteiger partial charge in [-0.3, -0.25) is 9.69 Å². The van der Waals surface area contributed by atoms with Gasteiger partial charge in [-0.2, -0.15) is 11.8 Å². The summed E-state index contributed by atoms with van der Waals surface area (Å²) in [6.07, 6.45) is 2.67. The highest BCUT2D eigenvalue weighted by atomic mass is 35.5.